The molecule has 0 bridgehead atoms. The Kier molecular flexibility index (Phi) is 7.78. The van der Waals surface area contributed by atoms with Gasteiger partial charge in [-0.2, -0.15) is 0 Å². The van der Waals surface area contributed by atoms with Crippen LogP contribution in [0.5, 0.6) is 0 Å². The van der Waals surface area contributed by atoms with Crippen molar-refractivity contribution in [1.82, 2.24) is 9.80 Å². The molecule has 1 fully saturated rings. The Bertz CT molecular complexity index is 893. The number of likely N-dealkylation sites (N-methyl/N-ethyl adjacent to an activating group) is 1. The maximum absolute atomic E-state index is 13.3. The van der Waals surface area contributed by atoms with Gasteiger partial charge >= 0.3 is 0 Å². The van der Waals surface area contributed by atoms with Crippen LogP contribution in [-0.4, -0.2) is 53.7 Å². The SMILES string of the molecule is CCN(CC(=O)Nc1ccc(NC(C)=O)cc1)C(C(=O)N1CCCC1)c1ccccc1. The predicted octanol–water partition coefficient (Wildman–Crippen LogP) is 3.27. The second-order valence-corrected chi connectivity index (χ2v) is 7.72. The number of amides is 3. The highest BCUT2D eigenvalue weighted by Crippen LogP contribution is 2.25. The van der Waals surface area contributed by atoms with E-state index in [0.29, 0.717) is 17.9 Å². The molecule has 1 heterocycles. The summed E-state index contributed by atoms with van der Waals surface area (Å²) in [5, 5.41) is 5.58. The molecule has 2 aromatic rings. The molecule has 0 aliphatic carbocycles. The smallest absolute Gasteiger partial charge is 0.244 e. The summed E-state index contributed by atoms with van der Waals surface area (Å²) in [6.07, 6.45) is 2.04. The minimum Gasteiger partial charge on any atom is -0.341 e. The molecule has 7 heteroatoms. The lowest BCUT2D eigenvalue weighted by molar-refractivity contribution is -0.136. The van der Waals surface area contributed by atoms with Gasteiger partial charge in [0.2, 0.25) is 17.7 Å². The largest absolute Gasteiger partial charge is 0.341 e. The Morgan fingerprint density at radius 1 is 0.935 bits per heavy atom. The first-order valence-electron chi connectivity index (χ1n) is 10.7. The van der Waals surface area contributed by atoms with Gasteiger partial charge in [-0.3, -0.25) is 19.3 Å². The van der Waals surface area contributed by atoms with Crippen molar-refractivity contribution in [2.75, 3.05) is 36.8 Å². The van der Waals surface area contributed by atoms with Crippen LogP contribution in [0.25, 0.3) is 0 Å². The normalized spacial score (nSPS) is 14.4. The Morgan fingerprint density at radius 2 is 1.52 bits per heavy atom. The third-order valence-corrected chi connectivity index (χ3v) is 5.37. The van der Waals surface area contributed by atoms with Gasteiger partial charge < -0.3 is 15.5 Å². The van der Waals surface area contributed by atoms with E-state index in [4.69, 9.17) is 0 Å². The van der Waals surface area contributed by atoms with Crippen molar-refractivity contribution in [3.63, 3.8) is 0 Å². The summed E-state index contributed by atoms with van der Waals surface area (Å²) in [7, 11) is 0. The number of benzene rings is 2. The fourth-order valence-corrected chi connectivity index (χ4v) is 3.87. The van der Waals surface area contributed by atoms with E-state index in [-0.39, 0.29) is 24.3 Å². The van der Waals surface area contributed by atoms with Crippen LogP contribution >= 0.6 is 0 Å². The third-order valence-electron chi connectivity index (χ3n) is 5.37. The van der Waals surface area contributed by atoms with Crippen LogP contribution in [0, 0.1) is 0 Å². The van der Waals surface area contributed by atoms with E-state index in [1.807, 2.05) is 47.1 Å². The van der Waals surface area contributed by atoms with Gasteiger partial charge in [-0.05, 0) is 49.2 Å². The zero-order valence-electron chi connectivity index (χ0n) is 18.1. The molecule has 0 spiro atoms. The van der Waals surface area contributed by atoms with Gasteiger partial charge in [0.15, 0.2) is 0 Å². The summed E-state index contributed by atoms with van der Waals surface area (Å²) in [5.41, 5.74) is 2.20. The van der Waals surface area contributed by atoms with E-state index in [1.54, 1.807) is 24.3 Å². The van der Waals surface area contributed by atoms with E-state index < -0.39 is 6.04 Å². The number of carbonyl (C=O) groups excluding carboxylic acids is 3. The van der Waals surface area contributed by atoms with Crippen molar-refractivity contribution in [3.05, 3.63) is 60.2 Å². The first-order valence-corrected chi connectivity index (χ1v) is 10.7. The summed E-state index contributed by atoms with van der Waals surface area (Å²) in [6, 6.07) is 16.1. The number of anilines is 2. The Hall–Kier alpha value is -3.19. The van der Waals surface area contributed by atoms with E-state index in [2.05, 4.69) is 10.6 Å². The number of rotatable bonds is 8. The van der Waals surface area contributed by atoms with Crippen LogP contribution in [0.1, 0.15) is 38.3 Å². The zero-order valence-corrected chi connectivity index (χ0v) is 18.1. The number of carbonyl (C=O) groups is 3. The van der Waals surface area contributed by atoms with Crippen LogP contribution in [0.4, 0.5) is 11.4 Å². The number of hydrogen-bond acceptors (Lipinski definition) is 4. The number of nitrogens with one attached hydrogen (secondary N) is 2. The molecule has 7 nitrogen and oxygen atoms in total. The van der Waals surface area contributed by atoms with Crippen molar-refractivity contribution >= 4 is 29.1 Å². The van der Waals surface area contributed by atoms with Crippen LogP contribution in [0.2, 0.25) is 0 Å². The molecule has 3 rings (SSSR count). The van der Waals surface area contributed by atoms with E-state index in [0.717, 1.165) is 31.5 Å². The summed E-state index contributed by atoms with van der Waals surface area (Å²) >= 11 is 0. The van der Waals surface area contributed by atoms with Crippen molar-refractivity contribution in [2.45, 2.75) is 32.7 Å². The summed E-state index contributed by atoms with van der Waals surface area (Å²) in [4.78, 5) is 41.1. The Morgan fingerprint density at radius 3 is 2.06 bits per heavy atom. The minimum absolute atomic E-state index is 0.0537. The van der Waals surface area contributed by atoms with E-state index in [9.17, 15) is 14.4 Å². The number of nitrogens with zero attached hydrogens (tertiary/aromatic N) is 2. The molecule has 31 heavy (non-hydrogen) atoms. The molecule has 2 aromatic carbocycles. The molecule has 3 amide bonds. The molecule has 1 aliphatic rings. The molecule has 0 saturated carbocycles. The average Bonchev–Trinajstić information content (AvgIpc) is 3.30. The van der Waals surface area contributed by atoms with Gasteiger partial charge in [-0.1, -0.05) is 37.3 Å². The predicted molar refractivity (Wildman–Crippen MR) is 122 cm³/mol. The third kappa shape index (κ3) is 6.15. The van der Waals surface area contributed by atoms with Gasteiger partial charge in [0.05, 0.1) is 6.54 Å². The summed E-state index contributed by atoms with van der Waals surface area (Å²) < 4.78 is 0. The minimum atomic E-state index is -0.489. The van der Waals surface area contributed by atoms with Gasteiger partial charge in [-0.15, -0.1) is 0 Å². The molecular weight excluding hydrogens is 392 g/mol. The molecule has 0 radical (unpaired) electrons. The standard InChI is InChI=1S/C24H30N4O3/c1-3-27(17-22(30)26-21-13-11-20(12-14-21)25-18(2)29)23(19-9-5-4-6-10-19)24(31)28-15-7-8-16-28/h4-6,9-14,23H,3,7-8,15-17H2,1-2H3,(H,25,29)(H,26,30). The molecule has 0 aromatic heterocycles. The quantitative estimate of drug-likeness (QED) is 0.684. The van der Waals surface area contributed by atoms with Crippen molar-refractivity contribution in [1.29, 1.82) is 0 Å². The second kappa shape index (κ2) is 10.7. The first kappa shape index (κ1) is 22.5. The molecule has 1 saturated heterocycles. The molecular formula is C24H30N4O3. The van der Waals surface area contributed by atoms with Gasteiger partial charge in [0, 0.05) is 31.4 Å². The topological polar surface area (TPSA) is 81.8 Å². The molecule has 1 aliphatic heterocycles. The second-order valence-electron chi connectivity index (χ2n) is 7.72. The van der Waals surface area contributed by atoms with E-state index >= 15 is 0 Å². The zero-order chi connectivity index (χ0) is 22.2. The monoisotopic (exact) mass is 422 g/mol. The van der Waals surface area contributed by atoms with Crippen LogP contribution in [0.15, 0.2) is 54.6 Å². The summed E-state index contributed by atoms with van der Waals surface area (Å²) in [6.45, 7) is 5.61. The van der Waals surface area contributed by atoms with Gasteiger partial charge in [0.1, 0.15) is 6.04 Å². The fourth-order valence-electron chi connectivity index (χ4n) is 3.87. The lowest BCUT2D eigenvalue weighted by Gasteiger charge is -2.32. The Labute approximate surface area is 183 Å². The van der Waals surface area contributed by atoms with Crippen LogP contribution in [-0.2, 0) is 14.4 Å². The first-order chi connectivity index (χ1) is 15.0. The fraction of sp³-hybridized carbons (Fsp3) is 0.375. The van der Waals surface area contributed by atoms with Crippen molar-refractivity contribution in [2.24, 2.45) is 0 Å². The highest BCUT2D eigenvalue weighted by molar-refractivity contribution is 5.94. The molecule has 164 valence electrons. The lowest BCUT2D eigenvalue weighted by atomic mass is 10.0. The number of hydrogen-bond donors (Lipinski definition) is 2. The van der Waals surface area contributed by atoms with Crippen LogP contribution < -0.4 is 10.6 Å². The van der Waals surface area contributed by atoms with Gasteiger partial charge in [0.25, 0.3) is 0 Å². The number of likely N-dealkylation sites (tertiary alicyclic amines) is 1. The van der Waals surface area contributed by atoms with Crippen LogP contribution in [0.3, 0.4) is 0 Å². The Balaban J connectivity index is 1.71. The van der Waals surface area contributed by atoms with E-state index in [1.165, 1.54) is 6.92 Å². The summed E-state index contributed by atoms with van der Waals surface area (Å²) in [5.74, 6) is -0.285. The molecule has 1 atom stereocenters. The highest BCUT2D eigenvalue weighted by atomic mass is 16.2. The highest BCUT2D eigenvalue weighted by Gasteiger charge is 2.32. The van der Waals surface area contributed by atoms with Crippen molar-refractivity contribution in [3.8, 4) is 0 Å². The average molecular weight is 423 g/mol. The molecule has 2 N–H and O–H groups in total. The maximum Gasteiger partial charge on any atom is 0.244 e. The lowest BCUT2D eigenvalue weighted by Crippen LogP contribution is -2.44. The maximum atomic E-state index is 13.3. The van der Waals surface area contributed by atoms with Gasteiger partial charge in [-0.25, -0.2) is 0 Å². The molecule has 1 unspecified atom stereocenters. The van der Waals surface area contributed by atoms with Crippen molar-refractivity contribution < 1.29 is 14.4 Å².